The molecule has 1 heterocycles. The van der Waals surface area contributed by atoms with Crippen LogP contribution in [0.1, 0.15) is 57.0 Å². The molecule has 0 fully saturated rings. The summed E-state index contributed by atoms with van der Waals surface area (Å²) in [7, 11) is -4.09. The minimum Gasteiger partial charge on any atom is -0.444 e. The highest BCUT2D eigenvalue weighted by atomic mass is 35.5. The van der Waals surface area contributed by atoms with Gasteiger partial charge in [0.25, 0.3) is 5.91 Å². The number of fused-ring (bicyclic) bond motifs is 1. The maximum atomic E-state index is 14.2. The van der Waals surface area contributed by atoms with E-state index in [2.05, 4.69) is 5.32 Å². The number of halogens is 2. The zero-order chi connectivity index (χ0) is 27.7. The Morgan fingerprint density at radius 3 is 2.46 bits per heavy atom. The van der Waals surface area contributed by atoms with Gasteiger partial charge in [-0.2, -0.15) is 0 Å². The molecule has 1 aliphatic heterocycles. The summed E-state index contributed by atoms with van der Waals surface area (Å²) in [6.45, 7) is 8.42. The number of carbonyl (C=O) groups excluding carboxylic acids is 3. The monoisotopic (exact) mass is 552 g/mol. The molecular formula is C26H30ClFN2O6S. The van der Waals surface area contributed by atoms with Crippen LogP contribution in [0.5, 0.6) is 0 Å². The third-order valence-corrected chi connectivity index (χ3v) is 7.56. The number of Topliss-reactive ketones (excluding diaryl/α,β-unsaturated/α-hetero) is 1. The molecule has 0 bridgehead atoms. The summed E-state index contributed by atoms with van der Waals surface area (Å²) in [5.74, 6) is -2.33. The van der Waals surface area contributed by atoms with Crippen molar-refractivity contribution in [2.75, 3.05) is 10.7 Å². The molecule has 2 aromatic rings. The van der Waals surface area contributed by atoms with Crippen molar-refractivity contribution < 1.29 is 31.9 Å². The third kappa shape index (κ3) is 7.07. The van der Waals surface area contributed by atoms with E-state index < -0.39 is 45.1 Å². The van der Waals surface area contributed by atoms with Crippen molar-refractivity contribution in [3.63, 3.8) is 0 Å². The molecule has 1 N–H and O–H groups in total. The normalized spacial score (nSPS) is 17.2. The number of rotatable bonds is 6. The molecule has 2 amide bonds. The summed E-state index contributed by atoms with van der Waals surface area (Å²) in [5.41, 5.74) is -0.341. The van der Waals surface area contributed by atoms with Crippen molar-refractivity contribution in [1.29, 1.82) is 0 Å². The fourth-order valence-corrected chi connectivity index (χ4v) is 5.60. The van der Waals surface area contributed by atoms with Crippen molar-refractivity contribution in [2.45, 2.75) is 64.1 Å². The molecule has 0 saturated heterocycles. The fraction of sp³-hybridized carbons (Fsp3) is 0.423. The van der Waals surface area contributed by atoms with Crippen LogP contribution in [0.15, 0.2) is 41.3 Å². The first-order valence-electron chi connectivity index (χ1n) is 11.7. The van der Waals surface area contributed by atoms with E-state index in [0.717, 1.165) is 11.0 Å². The third-order valence-electron chi connectivity index (χ3n) is 5.47. The smallest absolute Gasteiger partial charge is 0.408 e. The Bertz CT molecular complexity index is 1340. The predicted molar refractivity (Wildman–Crippen MR) is 138 cm³/mol. The number of ether oxygens (including phenoxy) is 1. The molecule has 0 radical (unpaired) electrons. The summed E-state index contributed by atoms with van der Waals surface area (Å²) in [4.78, 5) is 39.9. The van der Waals surface area contributed by atoms with Crippen LogP contribution in [0.4, 0.5) is 14.9 Å². The second-order valence-corrected chi connectivity index (χ2v) is 12.8. The van der Waals surface area contributed by atoms with Crippen LogP contribution in [0.3, 0.4) is 0 Å². The van der Waals surface area contributed by atoms with Crippen LogP contribution < -0.4 is 10.2 Å². The standard InChI is InChI=1S/C26H30ClFN2O6S/c1-15(2)10-22(31)17-7-9-23-21(12-17)30(13-16-6-8-18(27)19(28)11-16)24(32)20(14-37(23,34)35)29-25(33)36-26(3,4)5/h6-9,11-12,15,20H,10,13-14H2,1-5H3,(H,29,33)/t20-/m0/s1. The van der Waals surface area contributed by atoms with Gasteiger partial charge in [0, 0.05) is 12.0 Å². The van der Waals surface area contributed by atoms with E-state index in [4.69, 9.17) is 16.3 Å². The molecule has 200 valence electrons. The second kappa shape index (κ2) is 10.8. The fourth-order valence-electron chi connectivity index (χ4n) is 3.88. The van der Waals surface area contributed by atoms with Crippen LogP contribution in [-0.4, -0.2) is 43.6 Å². The molecule has 3 rings (SSSR count). The number of sulfone groups is 1. The average molecular weight is 553 g/mol. The predicted octanol–water partition coefficient (Wildman–Crippen LogP) is 4.92. The lowest BCUT2D eigenvalue weighted by Gasteiger charge is -2.27. The molecule has 0 spiro atoms. The minimum atomic E-state index is -4.09. The number of ketones is 1. The van der Waals surface area contributed by atoms with Gasteiger partial charge in [-0.3, -0.25) is 9.59 Å². The highest BCUT2D eigenvalue weighted by molar-refractivity contribution is 7.91. The number of hydrogen-bond acceptors (Lipinski definition) is 6. The van der Waals surface area contributed by atoms with E-state index in [1.165, 1.54) is 30.3 Å². The average Bonchev–Trinajstić information content (AvgIpc) is 2.83. The van der Waals surface area contributed by atoms with Gasteiger partial charge in [0.2, 0.25) is 0 Å². The molecule has 1 aliphatic rings. The van der Waals surface area contributed by atoms with Crippen molar-refractivity contribution in [3.8, 4) is 0 Å². The highest BCUT2D eigenvalue weighted by Gasteiger charge is 2.39. The van der Waals surface area contributed by atoms with Crippen molar-refractivity contribution in [1.82, 2.24) is 5.32 Å². The van der Waals surface area contributed by atoms with Gasteiger partial charge >= 0.3 is 6.09 Å². The molecule has 1 atom stereocenters. The maximum absolute atomic E-state index is 14.2. The summed E-state index contributed by atoms with van der Waals surface area (Å²) >= 11 is 5.79. The summed E-state index contributed by atoms with van der Waals surface area (Å²) in [5, 5.41) is 2.25. The highest BCUT2D eigenvalue weighted by Crippen LogP contribution is 2.34. The van der Waals surface area contributed by atoms with Crippen molar-refractivity contribution in [3.05, 3.63) is 58.4 Å². The molecule has 0 aliphatic carbocycles. The number of anilines is 1. The lowest BCUT2D eigenvalue weighted by atomic mass is 10.0. The first kappa shape index (κ1) is 28.6. The molecule has 0 saturated carbocycles. The first-order chi connectivity index (χ1) is 17.1. The Morgan fingerprint density at radius 1 is 1.19 bits per heavy atom. The van der Waals surface area contributed by atoms with E-state index >= 15 is 0 Å². The minimum absolute atomic E-state index is 0.0246. The molecule has 8 nitrogen and oxygen atoms in total. The summed E-state index contributed by atoms with van der Waals surface area (Å²) in [6, 6.07) is 6.53. The Labute approximate surface area is 221 Å². The zero-order valence-electron chi connectivity index (χ0n) is 21.3. The van der Waals surface area contributed by atoms with Gasteiger partial charge in [0.15, 0.2) is 15.6 Å². The molecule has 0 aromatic heterocycles. The van der Waals surface area contributed by atoms with Crippen LogP contribution in [-0.2, 0) is 25.9 Å². The Kier molecular flexibility index (Phi) is 8.34. The van der Waals surface area contributed by atoms with Crippen LogP contribution in [0.2, 0.25) is 5.02 Å². The van der Waals surface area contributed by atoms with E-state index in [1.54, 1.807) is 20.8 Å². The quantitative estimate of drug-likeness (QED) is 0.509. The lowest BCUT2D eigenvalue weighted by Crippen LogP contribution is -2.51. The van der Waals surface area contributed by atoms with E-state index in [0.29, 0.717) is 5.56 Å². The van der Waals surface area contributed by atoms with Crippen LogP contribution >= 0.6 is 11.6 Å². The van der Waals surface area contributed by atoms with Crippen molar-refractivity contribution in [2.24, 2.45) is 5.92 Å². The Morgan fingerprint density at radius 2 is 1.86 bits per heavy atom. The maximum Gasteiger partial charge on any atom is 0.408 e. The molecular weight excluding hydrogens is 523 g/mol. The van der Waals surface area contributed by atoms with Gasteiger partial charge in [0.05, 0.1) is 27.9 Å². The zero-order valence-corrected chi connectivity index (χ0v) is 22.9. The van der Waals surface area contributed by atoms with Crippen LogP contribution in [0.25, 0.3) is 0 Å². The number of carbonyl (C=O) groups is 3. The summed E-state index contributed by atoms with van der Waals surface area (Å²) in [6.07, 6.45) is -0.734. The number of alkyl carbamates (subject to hydrolysis) is 1. The number of nitrogens with zero attached hydrogens (tertiary/aromatic N) is 1. The first-order valence-corrected chi connectivity index (χ1v) is 13.8. The van der Waals surface area contributed by atoms with Gasteiger partial charge in [-0.1, -0.05) is 31.5 Å². The molecule has 11 heteroatoms. The van der Waals surface area contributed by atoms with Gasteiger partial charge in [0.1, 0.15) is 17.5 Å². The van der Waals surface area contributed by atoms with E-state index in [1.807, 2.05) is 13.8 Å². The van der Waals surface area contributed by atoms with Crippen LogP contribution in [0, 0.1) is 11.7 Å². The molecule has 37 heavy (non-hydrogen) atoms. The number of hydrogen-bond donors (Lipinski definition) is 1. The Hall–Kier alpha value is -2.98. The van der Waals surface area contributed by atoms with E-state index in [-0.39, 0.29) is 45.8 Å². The Balaban J connectivity index is 2.12. The largest absolute Gasteiger partial charge is 0.444 e. The number of amides is 2. The topological polar surface area (TPSA) is 110 Å². The number of benzene rings is 2. The van der Waals surface area contributed by atoms with E-state index in [9.17, 15) is 27.2 Å². The van der Waals surface area contributed by atoms with Crippen molar-refractivity contribution >= 4 is 44.9 Å². The van der Waals surface area contributed by atoms with Gasteiger partial charge < -0.3 is 15.0 Å². The molecule has 2 aromatic carbocycles. The molecule has 0 unspecified atom stereocenters. The van der Waals surface area contributed by atoms with Gasteiger partial charge in [-0.15, -0.1) is 0 Å². The summed E-state index contributed by atoms with van der Waals surface area (Å²) < 4.78 is 46.1. The van der Waals surface area contributed by atoms with Gasteiger partial charge in [-0.05, 0) is 62.6 Å². The SMILES string of the molecule is CC(C)CC(=O)c1ccc2c(c1)N(Cc1ccc(Cl)c(F)c1)C(=O)[C@@H](NC(=O)OC(C)(C)C)CS2(=O)=O. The van der Waals surface area contributed by atoms with Gasteiger partial charge in [-0.25, -0.2) is 17.6 Å². The lowest BCUT2D eigenvalue weighted by molar-refractivity contribution is -0.120. The second-order valence-electron chi connectivity index (χ2n) is 10.4. The number of nitrogens with one attached hydrogen (secondary N) is 1.